The summed E-state index contributed by atoms with van der Waals surface area (Å²) < 4.78 is 0. The largest absolute Gasteiger partial charge is 0.478 e. The van der Waals surface area contributed by atoms with Crippen molar-refractivity contribution in [3.8, 4) is 0 Å². The van der Waals surface area contributed by atoms with Crippen LogP contribution in [0.2, 0.25) is 0 Å². The van der Waals surface area contributed by atoms with Gasteiger partial charge >= 0.3 is 12.0 Å². The van der Waals surface area contributed by atoms with E-state index in [1.54, 1.807) is 17.1 Å². The molecule has 0 radical (unpaired) electrons. The number of hydrogen-bond donors (Lipinski definition) is 3. The minimum absolute atomic E-state index is 0.0910. The molecule has 0 saturated carbocycles. The highest BCUT2D eigenvalue weighted by atomic mass is 32.2. The highest BCUT2D eigenvalue weighted by Gasteiger charge is 2.15. The number of urea groups is 1. The van der Waals surface area contributed by atoms with Gasteiger partial charge in [-0.3, -0.25) is 5.32 Å². The third kappa shape index (κ3) is 4.23. The molecule has 0 aromatic carbocycles. The summed E-state index contributed by atoms with van der Waals surface area (Å²) in [6.45, 7) is 2.00. The highest BCUT2D eigenvalue weighted by molar-refractivity contribution is 7.98. The molecule has 1 aromatic rings. The van der Waals surface area contributed by atoms with Gasteiger partial charge in [0, 0.05) is 11.8 Å². The summed E-state index contributed by atoms with van der Waals surface area (Å²) in [6.07, 6.45) is 2.81. The Morgan fingerprint density at radius 2 is 2.28 bits per heavy atom. The molecule has 0 aliphatic carbocycles. The molecular weight excluding hydrogens is 272 g/mol. The zero-order chi connectivity index (χ0) is 13.5. The number of thiophene rings is 1. The first kappa shape index (κ1) is 14.8. The molecule has 0 aliphatic heterocycles. The van der Waals surface area contributed by atoms with Gasteiger partial charge in [-0.2, -0.15) is 11.8 Å². The van der Waals surface area contributed by atoms with Crippen LogP contribution in [0.5, 0.6) is 0 Å². The van der Waals surface area contributed by atoms with Crippen LogP contribution in [0.25, 0.3) is 0 Å². The Kier molecular flexibility index (Phi) is 6.00. The molecule has 0 fully saturated rings. The van der Waals surface area contributed by atoms with Crippen LogP contribution in [0.4, 0.5) is 9.80 Å². The number of nitrogens with one attached hydrogen (secondary N) is 2. The monoisotopic (exact) mass is 288 g/mol. The van der Waals surface area contributed by atoms with Gasteiger partial charge in [0.05, 0.1) is 5.56 Å². The van der Waals surface area contributed by atoms with Crippen molar-refractivity contribution in [2.45, 2.75) is 19.4 Å². The lowest BCUT2D eigenvalue weighted by Gasteiger charge is -2.15. The van der Waals surface area contributed by atoms with E-state index in [9.17, 15) is 9.59 Å². The van der Waals surface area contributed by atoms with Gasteiger partial charge in [0.2, 0.25) is 0 Å². The van der Waals surface area contributed by atoms with E-state index in [4.69, 9.17) is 5.11 Å². The van der Waals surface area contributed by atoms with Crippen LogP contribution in [-0.2, 0) is 0 Å². The lowest BCUT2D eigenvalue weighted by Crippen LogP contribution is -2.39. The summed E-state index contributed by atoms with van der Waals surface area (Å²) in [4.78, 5) is 22.6. The van der Waals surface area contributed by atoms with Crippen molar-refractivity contribution in [3.05, 3.63) is 17.0 Å². The zero-order valence-electron chi connectivity index (χ0n) is 10.2. The Hall–Kier alpha value is -1.21. The van der Waals surface area contributed by atoms with Gasteiger partial charge < -0.3 is 10.4 Å². The lowest BCUT2D eigenvalue weighted by atomic mass is 10.3. The molecule has 3 N–H and O–H groups in total. The van der Waals surface area contributed by atoms with Crippen molar-refractivity contribution in [2.75, 3.05) is 17.3 Å². The fourth-order valence-corrected chi connectivity index (χ4v) is 2.86. The number of hydrogen-bond acceptors (Lipinski definition) is 4. The zero-order valence-corrected chi connectivity index (χ0v) is 11.9. The molecule has 0 spiro atoms. The number of carbonyl (C=O) groups is 2. The standard InChI is InChI=1S/C11H16N2O3S2/c1-3-7(6-17-2)12-11(16)13-9-8(10(14)15)4-5-18-9/h4-5,7H,3,6H2,1-2H3,(H,14,15)(H2,12,13,16). The average molecular weight is 288 g/mol. The number of carboxylic acids is 1. The van der Waals surface area contributed by atoms with E-state index >= 15 is 0 Å². The minimum atomic E-state index is -1.04. The number of carbonyl (C=O) groups excluding carboxylic acids is 1. The second-order valence-electron chi connectivity index (χ2n) is 3.63. The summed E-state index contributed by atoms with van der Waals surface area (Å²) in [6, 6.07) is 1.20. The van der Waals surface area contributed by atoms with E-state index in [2.05, 4.69) is 10.6 Å². The lowest BCUT2D eigenvalue weighted by molar-refractivity contribution is 0.0698. The highest BCUT2D eigenvalue weighted by Crippen LogP contribution is 2.22. The Labute approximate surface area is 114 Å². The molecule has 2 amide bonds. The maximum Gasteiger partial charge on any atom is 0.338 e. The average Bonchev–Trinajstić information content (AvgIpc) is 2.76. The number of aromatic carboxylic acids is 1. The van der Waals surface area contributed by atoms with Gasteiger partial charge in [-0.05, 0) is 24.1 Å². The van der Waals surface area contributed by atoms with Crippen LogP contribution in [0.3, 0.4) is 0 Å². The van der Waals surface area contributed by atoms with Gasteiger partial charge in [-0.15, -0.1) is 11.3 Å². The van der Waals surface area contributed by atoms with Crippen molar-refractivity contribution in [1.82, 2.24) is 5.32 Å². The molecule has 18 heavy (non-hydrogen) atoms. The molecule has 100 valence electrons. The van der Waals surface area contributed by atoms with E-state index in [1.165, 1.54) is 17.4 Å². The first-order chi connectivity index (χ1) is 8.58. The topological polar surface area (TPSA) is 78.4 Å². The van der Waals surface area contributed by atoms with Crippen molar-refractivity contribution in [3.63, 3.8) is 0 Å². The van der Waals surface area contributed by atoms with E-state index in [0.29, 0.717) is 5.00 Å². The van der Waals surface area contributed by atoms with Crippen LogP contribution < -0.4 is 10.6 Å². The van der Waals surface area contributed by atoms with Gasteiger partial charge in [0.1, 0.15) is 5.00 Å². The molecule has 1 heterocycles. The predicted molar refractivity (Wildman–Crippen MR) is 75.9 cm³/mol. The molecule has 5 nitrogen and oxygen atoms in total. The van der Waals surface area contributed by atoms with Gasteiger partial charge in [-0.1, -0.05) is 6.92 Å². The van der Waals surface area contributed by atoms with Crippen molar-refractivity contribution >= 4 is 40.1 Å². The quantitative estimate of drug-likeness (QED) is 0.752. The molecule has 1 atom stereocenters. The Morgan fingerprint density at radius 3 is 2.83 bits per heavy atom. The molecule has 1 rings (SSSR count). The number of anilines is 1. The fraction of sp³-hybridized carbons (Fsp3) is 0.455. The summed E-state index contributed by atoms with van der Waals surface area (Å²) in [5.74, 6) is -0.206. The molecule has 0 saturated heterocycles. The molecule has 1 unspecified atom stereocenters. The first-order valence-corrected chi connectivity index (χ1v) is 7.73. The second kappa shape index (κ2) is 7.27. The van der Waals surface area contributed by atoms with Crippen molar-refractivity contribution in [1.29, 1.82) is 0 Å². The van der Waals surface area contributed by atoms with Gasteiger partial charge in [-0.25, -0.2) is 9.59 Å². The third-order valence-electron chi connectivity index (χ3n) is 2.32. The normalized spacial score (nSPS) is 11.9. The van der Waals surface area contributed by atoms with Crippen molar-refractivity contribution < 1.29 is 14.7 Å². The number of rotatable bonds is 6. The Bertz CT molecular complexity index is 420. The minimum Gasteiger partial charge on any atom is -0.478 e. The molecule has 7 heteroatoms. The van der Waals surface area contributed by atoms with Crippen LogP contribution in [-0.4, -0.2) is 35.2 Å². The predicted octanol–water partition coefficient (Wildman–Crippen LogP) is 2.71. The Morgan fingerprint density at radius 1 is 1.56 bits per heavy atom. The number of thioether (sulfide) groups is 1. The molecule has 1 aromatic heterocycles. The summed E-state index contributed by atoms with van der Waals surface area (Å²) in [5, 5.41) is 16.3. The number of carboxylic acid groups (broad SMARTS) is 1. The molecular formula is C11H16N2O3S2. The van der Waals surface area contributed by atoms with Crippen LogP contribution in [0.15, 0.2) is 11.4 Å². The molecule has 0 bridgehead atoms. The van der Waals surface area contributed by atoms with Gasteiger partial charge in [0.15, 0.2) is 0 Å². The first-order valence-electron chi connectivity index (χ1n) is 5.45. The van der Waals surface area contributed by atoms with E-state index in [0.717, 1.165) is 12.2 Å². The van der Waals surface area contributed by atoms with Crippen LogP contribution in [0, 0.1) is 0 Å². The summed E-state index contributed by atoms with van der Waals surface area (Å²) in [7, 11) is 0. The van der Waals surface area contributed by atoms with Gasteiger partial charge in [0.25, 0.3) is 0 Å². The SMILES string of the molecule is CCC(CSC)NC(=O)Nc1sccc1C(=O)O. The summed E-state index contributed by atoms with van der Waals surface area (Å²) in [5.41, 5.74) is 0.119. The van der Waals surface area contributed by atoms with Crippen LogP contribution >= 0.6 is 23.1 Å². The Balaban J connectivity index is 2.58. The van der Waals surface area contributed by atoms with E-state index < -0.39 is 5.97 Å². The second-order valence-corrected chi connectivity index (χ2v) is 5.45. The smallest absolute Gasteiger partial charge is 0.338 e. The third-order valence-corrected chi connectivity index (χ3v) is 3.88. The number of amides is 2. The van der Waals surface area contributed by atoms with E-state index in [1.807, 2.05) is 13.2 Å². The van der Waals surface area contributed by atoms with Crippen molar-refractivity contribution in [2.24, 2.45) is 0 Å². The fourth-order valence-electron chi connectivity index (χ4n) is 1.36. The maximum absolute atomic E-state index is 11.7. The molecule has 0 aliphatic rings. The summed E-state index contributed by atoms with van der Waals surface area (Å²) >= 11 is 2.85. The van der Waals surface area contributed by atoms with Crippen LogP contribution in [0.1, 0.15) is 23.7 Å². The maximum atomic E-state index is 11.7. The van der Waals surface area contributed by atoms with E-state index in [-0.39, 0.29) is 17.6 Å².